The van der Waals surface area contributed by atoms with E-state index >= 15 is 0 Å². The number of benzene rings is 2. The molecule has 3 heterocycles. The zero-order valence-electron chi connectivity index (χ0n) is 16.6. The summed E-state index contributed by atoms with van der Waals surface area (Å²) < 4.78 is 16.9. The molecule has 5 aromatic rings. The fraction of sp³-hybridized carbons (Fsp3) is 0.0417. The van der Waals surface area contributed by atoms with Crippen molar-refractivity contribution in [1.29, 1.82) is 0 Å². The van der Waals surface area contributed by atoms with Crippen LogP contribution in [0, 0.1) is 5.82 Å². The lowest BCUT2D eigenvalue weighted by Gasteiger charge is -2.10. The summed E-state index contributed by atoms with van der Waals surface area (Å²) in [4.78, 5) is 18.3. The minimum Gasteiger partial charge on any atom is -0.477 e. The number of rotatable bonds is 4. The van der Waals surface area contributed by atoms with Crippen molar-refractivity contribution in [3.8, 4) is 28.1 Å². The molecule has 0 aliphatic heterocycles. The standard InChI is InChI=1S/C24H15ClFN3O2S/c25-24-27-13-19(32-24)14-29-20-6-1-2-11-28(20)22(30)21(23(29)31)17-5-3-4-16(12-17)15-7-9-18(26)10-8-15/h1-13H,14H2/p+1. The number of halogens is 2. The summed E-state index contributed by atoms with van der Waals surface area (Å²) in [6.07, 6.45) is 3.32. The molecular weight excluding hydrogens is 449 g/mol. The van der Waals surface area contributed by atoms with Gasteiger partial charge in [-0.1, -0.05) is 48.0 Å². The maximum atomic E-state index is 13.4. The third kappa shape index (κ3) is 3.66. The first-order valence-corrected chi connectivity index (χ1v) is 10.9. The summed E-state index contributed by atoms with van der Waals surface area (Å²) in [5.74, 6) is -0.471. The molecule has 5 rings (SSSR count). The second kappa shape index (κ2) is 8.18. The Balaban J connectivity index is 1.72. The number of thiazole rings is 1. The van der Waals surface area contributed by atoms with Gasteiger partial charge in [0.05, 0.1) is 11.1 Å². The van der Waals surface area contributed by atoms with E-state index < -0.39 is 0 Å². The van der Waals surface area contributed by atoms with E-state index in [-0.39, 0.29) is 22.8 Å². The number of fused-ring (bicyclic) bond motifs is 1. The Hall–Kier alpha value is -3.55. The van der Waals surface area contributed by atoms with Crippen molar-refractivity contribution in [1.82, 2.24) is 9.38 Å². The fourth-order valence-electron chi connectivity index (χ4n) is 3.70. The molecule has 0 aliphatic carbocycles. The highest BCUT2D eigenvalue weighted by atomic mass is 35.5. The second-order valence-corrected chi connectivity index (χ2v) is 8.88. The molecule has 3 aromatic heterocycles. The number of aromatic nitrogens is 3. The summed E-state index contributed by atoms with van der Waals surface area (Å²) >= 11 is 7.29. The van der Waals surface area contributed by atoms with E-state index in [1.165, 1.54) is 27.9 Å². The Morgan fingerprint density at radius 3 is 2.56 bits per heavy atom. The fourth-order valence-corrected chi connectivity index (χ4v) is 4.67. The SMILES string of the molecule is O=c1c(-c2cccc(-c3ccc(F)cc3)c2)c(O)[n+](Cc2cnc(Cl)s2)c2ccccn12. The first kappa shape index (κ1) is 20.4. The van der Waals surface area contributed by atoms with Crippen LogP contribution in [0.15, 0.2) is 83.9 Å². The predicted octanol–water partition coefficient (Wildman–Crippen LogP) is 4.92. The predicted molar refractivity (Wildman–Crippen MR) is 123 cm³/mol. The van der Waals surface area contributed by atoms with Gasteiger partial charge in [-0.25, -0.2) is 14.2 Å². The molecule has 8 heteroatoms. The minimum absolute atomic E-state index is 0.151. The van der Waals surface area contributed by atoms with Gasteiger partial charge in [0.1, 0.15) is 12.4 Å². The molecular formula is C24H16ClFN3O2S+. The van der Waals surface area contributed by atoms with Gasteiger partial charge in [0.15, 0.2) is 10.0 Å². The van der Waals surface area contributed by atoms with E-state index in [1.54, 1.807) is 59.4 Å². The molecule has 5 nitrogen and oxygen atoms in total. The average molecular weight is 465 g/mol. The maximum absolute atomic E-state index is 13.4. The number of hydrogen-bond acceptors (Lipinski definition) is 4. The van der Waals surface area contributed by atoms with Crippen LogP contribution in [0.2, 0.25) is 4.47 Å². The molecule has 0 bridgehead atoms. The molecule has 1 N–H and O–H groups in total. The molecule has 0 radical (unpaired) electrons. The average Bonchev–Trinajstić information content (AvgIpc) is 3.22. The van der Waals surface area contributed by atoms with Gasteiger partial charge in [-0.3, -0.25) is 0 Å². The van der Waals surface area contributed by atoms with Gasteiger partial charge in [0.25, 0.3) is 11.5 Å². The van der Waals surface area contributed by atoms with E-state index in [2.05, 4.69) is 4.98 Å². The molecule has 0 spiro atoms. The third-order valence-corrected chi connectivity index (χ3v) is 6.29. The molecule has 0 fully saturated rings. The van der Waals surface area contributed by atoms with E-state index in [9.17, 15) is 14.3 Å². The highest BCUT2D eigenvalue weighted by molar-refractivity contribution is 7.15. The smallest absolute Gasteiger partial charge is 0.354 e. The number of aromatic hydroxyl groups is 1. The summed E-state index contributed by atoms with van der Waals surface area (Å²) in [6, 6.07) is 18.7. The van der Waals surface area contributed by atoms with E-state index in [0.717, 1.165) is 16.0 Å². The van der Waals surface area contributed by atoms with Crippen LogP contribution in [0.25, 0.3) is 27.9 Å². The van der Waals surface area contributed by atoms with Crippen molar-refractivity contribution >= 4 is 28.6 Å². The molecule has 0 saturated carbocycles. The molecule has 0 atom stereocenters. The normalized spacial score (nSPS) is 11.2. The van der Waals surface area contributed by atoms with E-state index in [0.29, 0.717) is 22.2 Å². The number of pyridine rings is 1. The zero-order chi connectivity index (χ0) is 22.2. The van der Waals surface area contributed by atoms with Gasteiger partial charge in [-0.2, -0.15) is 8.97 Å². The molecule has 32 heavy (non-hydrogen) atoms. The zero-order valence-corrected chi connectivity index (χ0v) is 18.1. The van der Waals surface area contributed by atoms with Crippen molar-refractivity contribution in [2.24, 2.45) is 0 Å². The third-order valence-electron chi connectivity index (χ3n) is 5.19. The van der Waals surface area contributed by atoms with Crippen LogP contribution in [-0.4, -0.2) is 14.5 Å². The van der Waals surface area contributed by atoms with Gasteiger partial charge >= 0.3 is 5.56 Å². The van der Waals surface area contributed by atoms with Gasteiger partial charge in [-0.05, 0) is 41.0 Å². The van der Waals surface area contributed by atoms with Crippen LogP contribution in [0.1, 0.15) is 4.88 Å². The first-order valence-electron chi connectivity index (χ1n) is 9.74. The highest BCUT2D eigenvalue weighted by Crippen LogP contribution is 2.29. The van der Waals surface area contributed by atoms with Crippen LogP contribution in [0.5, 0.6) is 5.88 Å². The van der Waals surface area contributed by atoms with Gasteiger partial charge < -0.3 is 5.11 Å². The lowest BCUT2D eigenvalue weighted by molar-refractivity contribution is -0.671. The lowest BCUT2D eigenvalue weighted by atomic mass is 10.00. The van der Waals surface area contributed by atoms with Crippen molar-refractivity contribution in [2.45, 2.75) is 6.54 Å². The van der Waals surface area contributed by atoms with Crippen molar-refractivity contribution < 1.29 is 14.1 Å². The number of nitrogens with zero attached hydrogens (tertiary/aromatic N) is 3. The maximum Gasteiger partial charge on any atom is 0.354 e. The van der Waals surface area contributed by atoms with Crippen LogP contribution < -0.4 is 10.1 Å². The topological polar surface area (TPSA) is 58.5 Å². The molecule has 0 amide bonds. The van der Waals surface area contributed by atoms with Crippen molar-refractivity contribution in [3.05, 3.63) is 105 Å². The van der Waals surface area contributed by atoms with Gasteiger partial charge in [0, 0.05) is 12.3 Å². The van der Waals surface area contributed by atoms with Crippen LogP contribution >= 0.6 is 22.9 Å². The molecule has 0 unspecified atom stereocenters. The lowest BCUT2D eigenvalue weighted by Crippen LogP contribution is -2.41. The van der Waals surface area contributed by atoms with Gasteiger partial charge in [0.2, 0.25) is 0 Å². The summed E-state index contributed by atoms with van der Waals surface area (Å²) in [6.45, 7) is 0.300. The Morgan fingerprint density at radius 2 is 1.81 bits per heavy atom. The highest BCUT2D eigenvalue weighted by Gasteiger charge is 2.25. The summed E-state index contributed by atoms with van der Waals surface area (Å²) in [5, 5.41) is 11.2. The summed E-state index contributed by atoms with van der Waals surface area (Å²) in [7, 11) is 0. The largest absolute Gasteiger partial charge is 0.477 e. The Labute approximate surface area is 191 Å². The van der Waals surface area contributed by atoms with Crippen LogP contribution in [0.3, 0.4) is 0 Å². The Bertz CT molecular complexity index is 1510. The molecule has 2 aromatic carbocycles. The van der Waals surface area contributed by atoms with Crippen LogP contribution in [0.4, 0.5) is 4.39 Å². The molecule has 0 saturated heterocycles. The summed E-state index contributed by atoms with van der Waals surface area (Å²) in [5.41, 5.74) is 2.55. The Morgan fingerprint density at radius 1 is 1.03 bits per heavy atom. The van der Waals surface area contributed by atoms with Gasteiger partial charge in [-0.15, -0.1) is 11.3 Å². The Kier molecular flexibility index (Phi) is 5.20. The minimum atomic E-state index is -0.340. The second-order valence-electron chi connectivity index (χ2n) is 7.19. The molecule has 158 valence electrons. The van der Waals surface area contributed by atoms with Crippen molar-refractivity contribution in [2.75, 3.05) is 0 Å². The monoisotopic (exact) mass is 464 g/mol. The first-order chi connectivity index (χ1) is 15.5. The quantitative estimate of drug-likeness (QED) is 0.384. The van der Waals surface area contributed by atoms with Crippen molar-refractivity contribution in [3.63, 3.8) is 0 Å². The number of hydrogen-bond donors (Lipinski definition) is 1. The van der Waals surface area contributed by atoms with Crippen LogP contribution in [-0.2, 0) is 6.54 Å². The molecule has 0 aliphatic rings. The van der Waals surface area contributed by atoms with E-state index in [1.807, 2.05) is 12.1 Å². The van der Waals surface area contributed by atoms with E-state index in [4.69, 9.17) is 11.6 Å².